The lowest BCUT2D eigenvalue weighted by Gasteiger charge is -2.13. The van der Waals surface area contributed by atoms with Gasteiger partial charge in [0, 0.05) is 17.3 Å². The molecule has 0 unspecified atom stereocenters. The van der Waals surface area contributed by atoms with Crippen molar-refractivity contribution in [3.8, 4) is 28.6 Å². The molecule has 2 N–H and O–H groups in total. The van der Waals surface area contributed by atoms with Crippen LogP contribution < -0.4 is 19.5 Å². The first-order valence-corrected chi connectivity index (χ1v) is 10.5. The Morgan fingerprint density at radius 3 is 2.52 bits per heavy atom. The Hall–Kier alpha value is -4.04. The third-order valence-corrected chi connectivity index (χ3v) is 5.64. The number of rotatable bonds is 6. The molecule has 5 rings (SSSR count). The largest absolute Gasteiger partial charge is 0.497 e. The van der Waals surface area contributed by atoms with Crippen LogP contribution in [0.5, 0.6) is 17.2 Å². The van der Waals surface area contributed by atoms with Gasteiger partial charge in [0.25, 0.3) is 0 Å². The topological polar surface area (TPSA) is 94.2 Å². The van der Waals surface area contributed by atoms with Crippen molar-refractivity contribution in [1.82, 2.24) is 19.9 Å². The first-order chi connectivity index (χ1) is 16.1. The van der Waals surface area contributed by atoms with Gasteiger partial charge in [-0.25, -0.2) is 15.0 Å². The average molecular weight is 462 g/mol. The van der Waals surface area contributed by atoms with Gasteiger partial charge in [-0.15, -0.1) is 0 Å². The van der Waals surface area contributed by atoms with Gasteiger partial charge in [-0.3, -0.25) is 0 Å². The zero-order chi connectivity index (χ0) is 22.9. The van der Waals surface area contributed by atoms with E-state index in [9.17, 15) is 0 Å². The van der Waals surface area contributed by atoms with E-state index >= 15 is 0 Å². The van der Waals surface area contributed by atoms with E-state index in [0.29, 0.717) is 39.4 Å². The highest BCUT2D eigenvalue weighted by atomic mass is 35.5. The molecule has 0 aliphatic heterocycles. The normalized spacial score (nSPS) is 11.0. The van der Waals surface area contributed by atoms with Gasteiger partial charge < -0.3 is 24.5 Å². The van der Waals surface area contributed by atoms with Gasteiger partial charge >= 0.3 is 0 Å². The molecule has 0 saturated heterocycles. The van der Waals surface area contributed by atoms with Gasteiger partial charge in [0.15, 0.2) is 0 Å². The van der Waals surface area contributed by atoms with Crippen LogP contribution >= 0.6 is 11.6 Å². The number of H-pyrrole nitrogens is 1. The van der Waals surface area contributed by atoms with Crippen molar-refractivity contribution >= 4 is 45.0 Å². The van der Waals surface area contributed by atoms with Crippen LogP contribution in [0.3, 0.4) is 0 Å². The van der Waals surface area contributed by atoms with Gasteiger partial charge in [-0.2, -0.15) is 0 Å². The van der Waals surface area contributed by atoms with E-state index in [1.54, 1.807) is 27.4 Å². The van der Waals surface area contributed by atoms with Crippen LogP contribution in [-0.2, 0) is 0 Å². The minimum Gasteiger partial charge on any atom is -0.497 e. The second-order valence-corrected chi connectivity index (χ2v) is 7.62. The molecule has 8 nitrogen and oxygen atoms in total. The number of aromatic nitrogens is 4. The summed E-state index contributed by atoms with van der Waals surface area (Å²) in [6.07, 6.45) is 1.49. The summed E-state index contributed by atoms with van der Waals surface area (Å²) in [5, 5.41) is 4.68. The molecule has 0 radical (unpaired) electrons. The lowest BCUT2D eigenvalue weighted by molar-refractivity contribution is 0.397. The number of hydrogen-bond acceptors (Lipinski definition) is 7. The van der Waals surface area contributed by atoms with Crippen molar-refractivity contribution in [3.63, 3.8) is 0 Å². The number of nitrogens with zero attached hydrogens (tertiary/aromatic N) is 3. The number of methoxy groups -OCH3 is 3. The minimum atomic E-state index is 0.564. The van der Waals surface area contributed by atoms with Crippen LogP contribution in [0.4, 0.5) is 11.5 Å². The smallest absolute Gasteiger partial charge is 0.148 e. The lowest BCUT2D eigenvalue weighted by Crippen LogP contribution is -1.99. The fraction of sp³-hybridized carbons (Fsp3) is 0.125. The maximum atomic E-state index is 6.53. The molecule has 2 heterocycles. The number of imidazole rings is 1. The van der Waals surface area contributed by atoms with Crippen LogP contribution in [0.2, 0.25) is 5.02 Å². The van der Waals surface area contributed by atoms with Gasteiger partial charge in [0.05, 0.1) is 37.3 Å². The molecule has 0 aliphatic rings. The van der Waals surface area contributed by atoms with Crippen molar-refractivity contribution < 1.29 is 14.2 Å². The van der Waals surface area contributed by atoms with Gasteiger partial charge in [-0.1, -0.05) is 17.7 Å². The Kier molecular flexibility index (Phi) is 5.35. The molecular weight excluding hydrogens is 442 g/mol. The third kappa shape index (κ3) is 3.74. The fourth-order valence-corrected chi connectivity index (χ4v) is 3.91. The first-order valence-electron chi connectivity index (χ1n) is 10.1. The van der Waals surface area contributed by atoms with E-state index in [4.69, 9.17) is 30.8 Å². The summed E-state index contributed by atoms with van der Waals surface area (Å²) in [4.78, 5) is 16.8. The summed E-state index contributed by atoms with van der Waals surface area (Å²) in [5.41, 5.74) is 3.80. The Balaban J connectivity index is 1.58. The van der Waals surface area contributed by atoms with E-state index in [1.807, 2.05) is 42.5 Å². The molecule has 0 aliphatic carbocycles. The van der Waals surface area contributed by atoms with E-state index in [1.165, 1.54) is 6.33 Å². The number of halogens is 1. The Morgan fingerprint density at radius 2 is 1.73 bits per heavy atom. The van der Waals surface area contributed by atoms with Crippen molar-refractivity contribution in [3.05, 3.63) is 59.9 Å². The molecule has 5 aromatic rings. The molecule has 166 valence electrons. The molecular formula is C24H20ClN5O3. The van der Waals surface area contributed by atoms with Crippen LogP contribution in [0.1, 0.15) is 0 Å². The quantitative estimate of drug-likeness (QED) is 0.340. The van der Waals surface area contributed by atoms with E-state index in [2.05, 4.69) is 20.3 Å². The number of ether oxygens (including phenoxy) is 3. The molecule has 0 saturated carbocycles. The molecule has 2 aromatic heterocycles. The maximum absolute atomic E-state index is 6.53. The number of anilines is 2. The van der Waals surface area contributed by atoms with Gasteiger partial charge in [-0.05, 0) is 36.4 Å². The Labute approximate surface area is 194 Å². The molecule has 0 bridgehead atoms. The van der Waals surface area contributed by atoms with Crippen molar-refractivity contribution in [1.29, 1.82) is 0 Å². The molecule has 0 spiro atoms. The number of hydrogen-bond donors (Lipinski definition) is 2. The summed E-state index contributed by atoms with van der Waals surface area (Å²) < 4.78 is 16.3. The third-order valence-electron chi connectivity index (χ3n) is 5.31. The number of benzene rings is 3. The standard InChI is InChI=1S/C24H20ClN5O3/c1-31-14-10-16-21(20(11-14)33-3)26-12-27-23(16)28-13-7-8-17(25)15(9-13)24-29-18-5-4-6-19(32-2)22(18)30-24/h4-12H,1-3H3,(H,29,30)(H,26,27,28). The van der Waals surface area contributed by atoms with E-state index < -0.39 is 0 Å². The molecule has 33 heavy (non-hydrogen) atoms. The monoisotopic (exact) mass is 461 g/mol. The van der Waals surface area contributed by atoms with Gasteiger partial charge in [0.2, 0.25) is 0 Å². The molecule has 0 amide bonds. The highest BCUT2D eigenvalue weighted by Gasteiger charge is 2.15. The molecule has 9 heteroatoms. The Bertz CT molecular complexity index is 1480. The summed E-state index contributed by atoms with van der Waals surface area (Å²) in [6, 6.07) is 15.0. The fourth-order valence-electron chi connectivity index (χ4n) is 3.70. The zero-order valence-corrected chi connectivity index (χ0v) is 18.9. The van der Waals surface area contributed by atoms with Crippen molar-refractivity contribution in [2.45, 2.75) is 0 Å². The number of nitrogens with one attached hydrogen (secondary N) is 2. The highest BCUT2D eigenvalue weighted by molar-refractivity contribution is 6.33. The second kappa shape index (κ2) is 8.48. The van der Waals surface area contributed by atoms with Crippen LogP contribution in [0.15, 0.2) is 54.9 Å². The summed E-state index contributed by atoms with van der Waals surface area (Å²) >= 11 is 6.53. The van der Waals surface area contributed by atoms with Crippen LogP contribution in [0, 0.1) is 0 Å². The van der Waals surface area contributed by atoms with Crippen molar-refractivity contribution in [2.24, 2.45) is 0 Å². The summed E-state index contributed by atoms with van der Waals surface area (Å²) in [5.74, 6) is 3.18. The summed E-state index contributed by atoms with van der Waals surface area (Å²) in [6.45, 7) is 0. The Morgan fingerprint density at radius 1 is 0.879 bits per heavy atom. The predicted octanol–water partition coefficient (Wildman–Crippen LogP) is 5.60. The van der Waals surface area contributed by atoms with E-state index in [0.717, 1.165) is 27.7 Å². The SMILES string of the molecule is COc1cc(OC)c2ncnc(Nc3ccc(Cl)c(-c4nc5c(OC)cccc5[nH]4)c3)c2c1. The number of fused-ring (bicyclic) bond motifs is 2. The zero-order valence-electron chi connectivity index (χ0n) is 18.1. The molecule has 3 aromatic carbocycles. The average Bonchev–Trinajstić information content (AvgIpc) is 3.29. The van der Waals surface area contributed by atoms with Crippen LogP contribution in [0.25, 0.3) is 33.3 Å². The number of aromatic amines is 1. The molecule has 0 fully saturated rings. The minimum absolute atomic E-state index is 0.564. The lowest BCUT2D eigenvalue weighted by atomic mass is 10.1. The maximum Gasteiger partial charge on any atom is 0.148 e. The first kappa shape index (κ1) is 20.8. The summed E-state index contributed by atoms with van der Waals surface area (Å²) in [7, 11) is 4.82. The molecule has 0 atom stereocenters. The van der Waals surface area contributed by atoms with Crippen LogP contribution in [-0.4, -0.2) is 41.3 Å². The number of para-hydroxylation sites is 1. The van der Waals surface area contributed by atoms with Crippen molar-refractivity contribution in [2.75, 3.05) is 26.6 Å². The van der Waals surface area contributed by atoms with Gasteiger partial charge in [0.1, 0.15) is 46.3 Å². The second-order valence-electron chi connectivity index (χ2n) is 7.21. The predicted molar refractivity (Wildman–Crippen MR) is 129 cm³/mol. The van der Waals surface area contributed by atoms with E-state index in [-0.39, 0.29) is 0 Å². The highest BCUT2D eigenvalue weighted by Crippen LogP contribution is 2.36.